The summed E-state index contributed by atoms with van der Waals surface area (Å²) in [5.74, 6) is -0.176. The predicted octanol–water partition coefficient (Wildman–Crippen LogP) is 4.67. The summed E-state index contributed by atoms with van der Waals surface area (Å²) in [6.07, 6.45) is -5.46. The van der Waals surface area contributed by atoms with Gasteiger partial charge in [0.05, 0.1) is 11.7 Å². The highest BCUT2D eigenvalue weighted by Gasteiger charge is 2.30. The fourth-order valence-corrected chi connectivity index (χ4v) is 2.60. The molecular formula is C15H12F4OS. The SMILES string of the molecule is OC(CSc1ccc(F)cc1)c1cccc(C(F)(F)F)c1. The van der Waals surface area contributed by atoms with Gasteiger partial charge in [0.25, 0.3) is 0 Å². The van der Waals surface area contributed by atoms with Gasteiger partial charge in [-0.1, -0.05) is 12.1 Å². The predicted molar refractivity (Wildman–Crippen MR) is 73.5 cm³/mol. The highest BCUT2D eigenvalue weighted by atomic mass is 32.2. The minimum Gasteiger partial charge on any atom is -0.388 e. The molecule has 0 bridgehead atoms. The van der Waals surface area contributed by atoms with E-state index in [1.807, 2.05) is 0 Å². The molecule has 2 aromatic carbocycles. The van der Waals surface area contributed by atoms with Gasteiger partial charge in [0.1, 0.15) is 5.82 Å². The Bertz CT molecular complexity index is 595. The van der Waals surface area contributed by atoms with E-state index in [2.05, 4.69) is 0 Å². The number of rotatable bonds is 4. The summed E-state index contributed by atoms with van der Waals surface area (Å²) in [5.41, 5.74) is -0.578. The summed E-state index contributed by atoms with van der Waals surface area (Å²) >= 11 is 1.25. The fraction of sp³-hybridized carbons (Fsp3) is 0.200. The maximum absolute atomic E-state index is 12.7. The average Bonchev–Trinajstić information content (AvgIpc) is 2.45. The number of alkyl halides is 3. The second kappa shape index (κ2) is 6.49. The first-order valence-electron chi connectivity index (χ1n) is 6.10. The molecule has 0 saturated heterocycles. The first-order valence-corrected chi connectivity index (χ1v) is 7.08. The number of hydrogen-bond donors (Lipinski definition) is 1. The molecule has 1 unspecified atom stereocenters. The van der Waals surface area contributed by atoms with Gasteiger partial charge in [0.2, 0.25) is 0 Å². The van der Waals surface area contributed by atoms with E-state index in [1.165, 1.54) is 36.0 Å². The number of aliphatic hydroxyl groups is 1. The molecule has 112 valence electrons. The maximum Gasteiger partial charge on any atom is 0.416 e. The second-order valence-electron chi connectivity index (χ2n) is 4.40. The van der Waals surface area contributed by atoms with Crippen molar-refractivity contribution in [2.24, 2.45) is 0 Å². The van der Waals surface area contributed by atoms with Gasteiger partial charge in [-0.05, 0) is 42.0 Å². The van der Waals surface area contributed by atoms with E-state index >= 15 is 0 Å². The molecule has 0 aromatic heterocycles. The van der Waals surface area contributed by atoms with Gasteiger partial charge < -0.3 is 5.11 Å². The van der Waals surface area contributed by atoms with Crippen LogP contribution in [0, 0.1) is 5.82 Å². The smallest absolute Gasteiger partial charge is 0.388 e. The lowest BCUT2D eigenvalue weighted by atomic mass is 10.1. The Morgan fingerprint density at radius 3 is 2.33 bits per heavy atom. The number of hydrogen-bond acceptors (Lipinski definition) is 2. The Kier molecular flexibility index (Phi) is 4.90. The Morgan fingerprint density at radius 1 is 1.05 bits per heavy atom. The van der Waals surface area contributed by atoms with Crippen LogP contribution in [0.25, 0.3) is 0 Å². The van der Waals surface area contributed by atoms with Crippen molar-refractivity contribution < 1.29 is 22.7 Å². The van der Waals surface area contributed by atoms with Crippen molar-refractivity contribution in [2.45, 2.75) is 17.2 Å². The van der Waals surface area contributed by atoms with Crippen molar-refractivity contribution >= 4 is 11.8 Å². The zero-order valence-electron chi connectivity index (χ0n) is 10.8. The monoisotopic (exact) mass is 316 g/mol. The highest BCUT2D eigenvalue weighted by Crippen LogP contribution is 2.32. The van der Waals surface area contributed by atoms with Crippen molar-refractivity contribution in [2.75, 3.05) is 5.75 Å². The zero-order valence-corrected chi connectivity index (χ0v) is 11.6. The molecule has 1 N–H and O–H groups in total. The van der Waals surface area contributed by atoms with Gasteiger partial charge in [0, 0.05) is 10.6 Å². The lowest BCUT2D eigenvalue weighted by Crippen LogP contribution is -2.07. The first-order chi connectivity index (χ1) is 9.86. The van der Waals surface area contributed by atoms with Crippen LogP contribution >= 0.6 is 11.8 Å². The molecule has 1 atom stereocenters. The molecule has 0 aliphatic rings. The van der Waals surface area contributed by atoms with Gasteiger partial charge >= 0.3 is 6.18 Å². The second-order valence-corrected chi connectivity index (χ2v) is 5.50. The van der Waals surface area contributed by atoms with Gasteiger partial charge in [-0.3, -0.25) is 0 Å². The van der Waals surface area contributed by atoms with Crippen LogP contribution in [0.4, 0.5) is 17.6 Å². The number of aliphatic hydroxyl groups excluding tert-OH is 1. The Hall–Kier alpha value is -1.53. The summed E-state index contributed by atoms with van der Waals surface area (Å²) in [7, 11) is 0. The molecule has 6 heteroatoms. The Morgan fingerprint density at radius 2 is 1.71 bits per heavy atom. The molecule has 0 amide bonds. The van der Waals surface area contributed by atoms with E-state index in [0.717, 1.165) is 17.0 Å². The van der Waals surface area contributed by atoms with Crippen LogP contribution in [0.15, 0.2) is 53.4 Å². The standard InChI is InChI=1S/C15H12F4OS/c16-12-4-6-13(7-5-12)21-9-14(20)10-2-1-3-11(8-10)15(17,18)19/h1-8,14,20H,9H2. The number of thioether (sulfide) groups is 1. The van der Waals surface area contributed by atoms with Gasteiger partial charge in [-0.25, -0.2) is 4.39 Å². The molecule has 0 radical (unpaired) electrons. The maximum atomic E-state index is 12.7. The van der Waals surface area contributed by atoms with Crippen molar-refractivity contribution in [1.82, 2.24) is 0 Å². The lowest BCUT2D eigenvalue weighted by Gasteiger charge is -2.13. The van der Waals surface area contributed by atoms with E-state index in [4.69, 9.17) is 0 Å². The number of benzene rings is 2. The van der Waals surface area contributed by atoms with E-state index in [-0.39, 0.29) is 17.1 Å². The molecule has 2 rings (SSSR count). The van der Waals surface area contributed by atoms with Crippen LogP contribution in [-0.2, 0) is 6.18 Å². The lowest BCUT2D eigenvalue weighted by molar-refractivity contribution is -0.137. The van der Waals surface area contributed by atoms with Gasteiger partial charge in [-0.2, -0.15) is 13.2 Å². The average molecular weight is 316 g/mol. The van der Waals surface area contributed by atoms with Crippen molar-refractivity contribution in [3.63, 3.8) is 0 Å². The molecule has 0 aliphatic carbocycles. The normalized spacial score (nSPS) is 13.2. The molecule has 0 aliphatic heterocycles. The third kappa shape index (κ3) is 4.47. The van der Waals surface area contributed by atoms with Crippen LogP contribution in [0.2, 0.25) is 0 Å². The van der Waals surface area contributed by atoms with E-state index in [1.54, 1.807) is 12.1 Å². The van der Waals surface area contributed by atoms with E-state index in [0.29, 0.717) is 0 Å². The minimum absolute atomic E-state index is 0.187. The summed E-state index contributed by atoms with van der Waals surface area (Å²) in [5, 5.41) is 9.96. The van der Waals surface area contributed by atoms with Crippen LogP contribution in [0.1, 0.15) is 17.2 Å². The molecule has 0 saturated carbocycles. The molecular weight excluding hydrogens is 304 g/mol. The van der Waals surface area contributed by atoms with E-state index in [9.17, 15) is 22.7 Å². The van der Waals surface area contributed by atoms with Crippen molar-refractivity contribution in [3.8, 4) is 0 Å². The molecule has 0 spiro atoms. The Labute approximate surface area is 123 Å². The summed E-state index contributed by atoms with van der Waals surface area (Å²) < 4.78 is 50.5. The number of halogens is 4. The fourth-order valence-electron chi connectivity index (χ4n) is 1.72. The molecule has 21 heavy (non-hydrogen) atoms. The topological polar surface area (TPSA) is 20.2 Å². The van der Waals surface area contributed by atoms with Gasteiger partial charge in [0.15, 0.2) is 0 Å². The molecule has 1 nitrogen and oxygen atoms in total. The van der Waals surface area contributed by atoms with Crippen LogP contribution < -0.4 is 0 Å². The van der Waals surface area contributed by atoms with Crippen LogP contribution in [0.3, 0.4) is 0 Å². The van der Waals surface area contributed by atoms with Crippen LogP contribution in [0.5, 0.6) is 0 Å². The van der Waals surface area contributed by atoms with Crippen molar-refractivity contribution in [1.29, 1.82) is 0 Å². The third-order valence-electron chi connectivity index (χ3n) is 2.82. The molecule has 0 heterocycles. The minimum atomic E-state index is -4.43. The summed E-state index contributed by atoms with van der Waals surface area (Å²) in [6.45, 7) is 0. The van der Waals surface area contributed by atoms with Crippen molar-refractivity contribution in [3.05, 3.63) is 65.5 Å². The quantitative estimate of drug-likeness (QED) is 0.653. The highest BCUT2D eigenvalue weighted by molar-refractivity contribution is 7.99. The molecule has 2 aromatic rings. The summed E-state index contributed by atoms with van der Waals surface area (Å²) in [4.78, 5) is 0.738. The Balaban J connectivity index is 2.03. The van der Waals surface area contributed by atoms with Crippen LogP contribution in [-0.4, -0.2) is 10.9 Å². The molecule has 0 fully saturated rings. The summed E-state index contributed by atoms with van der Waals surface area (Å²) in [6, 6.07) is 10.3. The van der Waals surface area contributed by atoms with E-state index < -0.39 is 17.8 Å². The van der Waals surface area contributed by atoms with Gasteiger partial charge in [-0.15, -0.1) is 11.8 Å². The zero-order chi connectivity index (χ0) is 15.5. The largest absolute Gasteiger partial charge is 0.416 e. The first kappa shape index (κ1) is 15.9. The third-order valence-corrected chi connectivity index (χ3v) is 3.91.